The normalized spacial score (nSPS) is 16.3. The van der Waals surface area contributed by atoms with Crippen molar-refractivity contribution in [2.75, 3.05) is 10.6 Å². The van der Waals surface area contributed by atoms with Crippen molar-refractivity contribution in [1.29, 1.82) is 0 Å². The van der Waals surface area contributed by atoms with Gasteiger partial charge in [0, 0.05) is 18.7 Å². The van der Waals surface area contributed by atoms with Crippen LogP contribution in [0, 0.1) is 26.7 Å². The van der Waals surface area contributed by atoms with Gasteiger partial charge in [0.25, 0.3) is 5.56 Å². The van der Waals surface area contributed by atoms with E-state index in [0.29, 0.717) is 27.7 Å². The van der Waals surface area contributed by atoms with E-state index < -0.39 is 0 Å². The maximum Gasteiger partial charge on any atom is 0.324 e. The van der Waals surface area contributed by atoms with Crippen LogP contribution < -0.4 is 16.2 Å². The molecule has 1 aliphatic rings. The van der Waals surface area contributed by atoms with Crippen molar-refractivity contribution in [2.45, 2.75) is 53.5 Å². The molecule has 0 radical (unpaired) electrons. The number of nitrogens with one attached hydrogen (secondary N) is 2. The van der Waals surface area contributed by atoms with E-state index in [0.717, 1.165) is 47.5 Å². The molecule has 1 atom stereocenters. The number of anilines is 2. The molecule has 29 heavy (non-hydrogen) atoms. The number of nitrogens with zero attached hydrogens (tertiary/aromatic N) is 2. The summed E-state index contributed by atoms with van der Waals surface area (Å²) in [5, 5.41) is 7.09. The summed E-state index contributed by atoms with van der Waals surface area (Å²) in [5.74, 6) is 1.46. The molecule has 3 aromatic rings. The first-order chi connectivity index (χ1) is 13.8. The van der Waals surface area contributed by atoms with Gasteiger partial charge in [0.05, 0.1) is 5.39 Å². The Morgan fingerprint density at radius 1 is 1.21 bits per heavy atom. The molecule has 0 spiro atoms. The molecule has 0 fully saturated rings. The SMILES string of the molecule is Cc1ccc(NC(=O)Nc2sc3nc4n(c(=O)c3c2C)CC[C@@H](C)CC4)c(C)c1. The first-order valence-electron chi connectivity index (χ1n) is 10.0. The van der Waals surface area contributed by atoms with Gasteiger partial charge in [-0.2, -0.15) is 0 Å². The molecule has 7 heteroatoms. The number of hydrogen-bond acceptors (Lipinski definition) is 4. The number of urea groups is 1. The fourth-order valence-electron chi connectivity index (χ4n) is 3.88. The summed E-state index contributed by atoms with van der Waals surface area (Å²) < 4.78 is 1.82. The van der Waals surface area contributed by atoms with Crippen LogP contribution in [0.4, 0.5) is 15.5 Å². The number of aryl methyl sites for hydroxylation is 4. The molecule has 0 saturated carbocycles. The summed E-state index contributed by atoms with van der Waals surface area (Å²) in [6.07, 6.45) is 2.86. The van der Waals surface area contributed by atoms with Gasteiger partial charge >= 0.3 is 6.03 Å². The molecule has 6 nitrogen and oxygen atoms in total. The van der Waals surface area contributed by atoms with Gasteiger partial charge in [-0.15, -0.1) is 0 Å². The van der Waals surface area contributed by atoms with E-state index in [4.69, 9.17) is 4.98 Å². The van der Waals surface area contributed by atoms with Crippen LogP contribution in [0.5, 0.6) is 0 Å². The lowest BCUT2D eigenvalue weighted by molar-refractivity contribution is 0.262. The molecular weight excluding hydrogens is 384 g/mol. The maximum absolute atomic E-state index is 13.1. The third kappa shape index (κ3) is 3.79. The molecular formula is C22H26N4O2S. The van der Waals surface area contributed by atoms with Crippen LogP contribution in [0.2, 0.25) is 0 Å². The molecule has 0 unspecified atom stereocenters. The number of carbonyl (C=O) groups excluding carboxylic acids is 1. The number of fused-ring (bicyclic) bond motifs is 2. The molecule has 0 saturated heterocycles. The second-order valence-corrected chi connectivity index (χ2v) is 9.05. The number of rotatable bonds is 2. The highest BCUT2D eigenvalue weighted by molar-refractivity contribution is 7.22. The Balaban J connectivity index is 1.63. The standard InChI is InChI=1S/C22H26N4O2S/c1-12-6-8-17-24-20-18(21(27)26(17)10-9-12)15(4)19(29-20)25-22(28)23-16-7-5-13(2)11-14(16)3/h5,7,11-12H,6,8-10H2,1-4H3,(H2,23,25,28)/t12-/m0/s1. The summed E-state index contributed by atoms with van der Waals surface area (Å²) >= 11 is 1.37. The van der Waals surface area contributed by atoms with Gasteiger partial charge in [-0.05, 0) is 56.7 Å². The Hall–Kier alpha value is -2.67. The number of aromatic nitrogens is 2. The van der Waals surface area contributed by atoms with Crippen molar-refractivity contribution in [2.24, 2.45) is 5.92 Å². The van der Waals surface area contributed by atoms with Crippen molar-refractivity contribution in [3.8, 4) is 0 Å². The highest BCUT2D eigenvalue weighted by atomic mass is 32.1. The van der Waals surface area contributed by atoms with Gasteiger partial charge in [-0.1, -0.05) is 36.0 Å². The van der Waals surface area contributed by atoms with Crippen LogP contribution in [-0.2, 0) is 13.0 Å². The minimum Gasteiger partial charge on any atom is -0.307 e. The van der Waals surface area contributed by atoms with Gasteiger partial charge in [-0.3, -0.25) is 14.7 Å². The molecule has 0 aliphatic carbocycles. The van der Waals surface area contributed by atoms with Crippen LogP contribution in [0.1, 0.15) is 42.3 Å². The van der Waals surface area contributed by atoms with E-state index in [2.05, 4.69) is 17.6 Å². The first-order valence-corrected chi connectivity index (χ1v) is 10.8. The molecule has 0 bridgehead atoms. The lowest BCUT2D eigenvalue weighted by atomic mass is 10.0. The van der Waals surface area contributed by atoms with E-state index in [1.54, 1.807) is 0 Å². The molecule has 2 aromatic heterocycles. The molecule has 2 N–H and O–H groups in total. The van der Waals surface area contributed by atoms with Crippen molar-refractivity contribution in [1.82, 2.24) is 9.55 Å². The number of hydrogen-bond donors (Lipinski definition) is 2. The second kappa shape index (κ2) is 7.63. The number of thiophene rings is 1. The lowest BCUT2D eigenvalue weighted by Gasteiger charge is -2.10. The zero-order valence-corrected chi connectivity index (χ0v) is 18.1. The Morgan fingerprint density at radius 3 is 2.76 bits per heavy atom. The topological polar surface area (TPSA) is 76.0 Å². The first kappa shape index (κ1) is 19.6. The quantitative estimate of drug-likeness (QED) is 0.624. The minimum absolute atomic E-state index is 0.00990. The maximum atomic E-state index is 13.1. The molecule has 1 aliphatic heterocycles. The van der Waals surface area contributed by atoms with Crippen LogP contribution in [-0.4, -0.2) is 15.6 Å². The molecule has 4 rings (SSSR count). The monoisotopic (exact) mass is 410 g/mol. The molecule has 1 aromatic carbocycles. The third-order valence-electron chi connectivity index (χ3n) is 5.69. The number of amides is 2. The largest absolute Gasteiger partial charge is 0.324 e. The Bertz CT molecular complexity index is 1160. The van der Waals surface area contributed by atoms with Crippen molar-refractivity contribution in [3.63, 3.8) is 0 Å². The van der Waals surface area contributed by atoms with E-state index in [9.17, 15) is 9.59 Å². The van der Waals surface area contributed by atoms with Crippen molar-refractivity contribution >= 4 is 38.3 Å². The van der Waals surface area contributed by atoms with E-state index >= 15 is 0 Å². The van der Waals surface area contributed by atoms with Crippen LogP contribution in [0.3, 0.4) is 0 Å². The van der Waals surface area contributed by atoms with Crippen LogP contribution >= 0.6 is 11.3 Å². The average molecular weight is 411 g/mol. The molecule has 152 valence electrons. The summed E-state index contributed by atoms with van der Waals surface area (Å²) in [7, 11) is 0. The fraction of sp³-hybridized carbons (Fsp3) is 0.409. The van der Waals surface area contributed by atoms with E-state index in [1.165, 1.54) is 11.3 Å². The summed E-state index contributed by atoms with van der Waals surface area (Å²) in [6.45, 7) is 8.79. The average Bonchev–Trinajstić information content (AvgIpc) is 2.84. The summed E-state index contributed by atoms with van der Waals surface area (Å²) in [6, 6.07) is 5.57. The second-order valence-electron chi connectivity index (χ2n) is 8.05. The zero-order valence-electron chi connectivity index (χ0n) is 17.3. The lowest BCUT2D eigenvalue weighted by Crippen LogP contribution is -2.24. The van der Waals surface area contributed by atoms with Crippen LogP contribution in [0.15, 0.2) is 23.0 Å². The fourth-order valence-corrected chi connectivity index (χ4v) is 4.96. The van der Waals surface area contributed by atoms with Gasteiger partial charge in [0.1, 0.15) is 15.7 Å². The van der Waals surface area contributed by atoms with Crippen molar-refractivity contribution in [3.05, 3.63) is 51.1 Å². The molecule has 3 heterocycles. The Morgan fingerprint density at radius 2 is 2.00 bits per heavy atom. The van der Waals surface area contributed by atoms with Crippen LogP contribution in [0.25, 0.3) is 10.2 Å². The Kier molecular flexibility index (Phi) is 5.17. The smallest absolute Gasteiger partial charge is 0.307 e. The highest BCUT2D eigenvalue weighted by Gasteiger charge is 2.21. The minimum atomic E-state index is -0.318. The summed E-state index contributed by atoms with van der Waals surface area (Å²) in [5.41, 5.74) is 3.72. The zero-order chi connectivity index (χ0) is 20.7. The van der Waals surface area contributed by atoms with Crippen molar-refractivity contribution < 1.29 is 4.79 Å². The Labute approximate surface area is 174 Å². The van der Waals surface area contributed by atoms with Gasteiger partial charge in [0.15, 0.2) is 0 Å². The van der Waals surface area contributed by atoms with E-state index in [1.807, 2.05) is 43.5 Å². The third-order valence-corrected chi connectivity index (χ3v) is 6.79. The van der Waals surface area contributed by atoms with Gasteiger partial charge < -0.3 is 5.32 Å². The van der Waals surface area contributed by atoms with Gasteiger partial charge in [-0.25, -0.2) is 9.78 Å². The summed E-state index contributed by atoms with van der Waals surface area (Å²) in [4.78, 5) is 31.2. The highest BCUT2D eigenvalue weighted by Crippen LogP contribution is 2.33. The number of benzene rings is 1. The number of carbonyl (C=O) groups is 1. The van der Waals surface area contributed by atoms with Gasteiger partial charge in [0.2, 0.25) is 0 Å². The predicted molar refractivity (Wildman–Crippen MR) is 119 cm³/mol. The molecule has 2 amide bonds. The van der Waals surface area contributed by atoms with E-state index in [-0.39, 0.29) is 11.6 Å². The predicted octanol–water partition coefficient (Wildman–Crippen LogP) is 5.00.